The van der Waals surface area contributed by atoms with Crippen LogP contribution in [0.15, 0.2) is 18.2 Å². The number of piperazine rings is 1. The van der Waals surface area contributed by atoms with Crippen molar-refractivity contribution < 1.29 is 4.79 Å². The Balaban J connectivity index is 1.75. The third-order valence-corrected chi connectivity index (χ3v) is 4.10. The first kappa shape index (κ1) is 15.1. The highest BCUT2D eigenvalue weighted by Gasteiger charge is 2.18. The largest absolute Gasteiger partial charge is 0.384 e. The van der Waals surface area contributed by atoms with Crippen molar-refractivity contribution in [2.45, 2.75) is 13.3 Å². The van der Waals surface area contributed by atoms with E-state index in [-0.39, 0.29) is 5.91 Å². The highest BCUT2D eigenvalue weighted by Crippen LogP contribution is 2.19. The minimum Gasteiger partial charge on any atom is -0.384 e. The molecule has 0 aliphatic carbocycles. The zero-order valence-corrected chi connectivity index (χ0v) is 12.9. The summed E-state index contributed by atoms with van der Waals surface area (Å²) < 4.78 is 0. The van der Waals surface area contributed by atoms with E-state index in [1.807, 2.05) is 30.0 Å². The summed E-state index contributed by atoms with van der Waals surface area (Å²) in [6.45, 7) is 6.23. The Morgan fingerprint density at radius 1 is 1.30 bits per heavy atom. The third-order valence-electron chi connectivity index (χ3n) is 3.70. The number of benzene rings is 1. The van der Waals surface area contributed by atoms with Crippen molar-refractivity contribution in [2.75, 3.05) is 45.1 Å². The summed E-state index contributed by atoms with van der Waals surface area (Å²) in [6.07, 6.45) is 0.523. The summed E-state index contributed by atoms with van der Waals surface area (Å²) in [5, 5.41) is 4.00. The normalized spacial score (nSPS) is 16.2. The van der Waals surface area contributed by atoms with Gasteiger partial charge in [-0.15, -0.1) is 0 Å². The van der Waals surface area contributed by atoms with Gasteiger partial charge in [0, 0.05) is 49.9 Å². The van der Waals surface area contributed by atoms with Crippen molar-refractivity contribution in [3.05, 3.63) is 28.8 Å². The average Bonchev–Trinajstić information content (AvgIpc) is 2.43. The predicted molar refractivity (Wildman–Crippen MR) is 83.4 cm³/mol. The van der Waals surface area contributed by atoms with Crippen LogP contribution in [0, 0.1) is 6.92 Å². The fourth-order valence-electron chi connectivity index (χ4n) is 2.23. The molecule has 1 aliphatic rings. The minimum atomic E-state index is 0.226. The summed E-state index contributed by atoms with van der Waals surface area (Å²) in [6, 6.07) is 5.87. The fraction of sp³-hybridized carbons (Fsp3) is 0.533. The lowest BCUT2D eigenvalue weighted by Crippen LogP contribution is -2.47. The number of amides is 1. The van der Waals surface area contributed by atoms with E-state index in [1.165, 1.54) is 0 Å². The SMILES string of the molecule is Cc1ccc(NCCC(=O)N2CCN(C)CC2)cc1Cl. The number of nitrogens with one attached hydrogen (secondary N) is 1. The van der Waals surface area contributed by atoms with Crippen molar-refractivity contribution in [3.8, 4) is 0 Å². The topological polar surface area (TPSA) is 35.6 Å². The molecule has 5 heteroatoms. The van der Waals surface area contributed by atoms with Crippen LogP contribution in [0.2, 0.25) is 5.02 Å². The zero-order chi connectivity index (χ0) is 14.5. The Morgan fingerprint density at radius 2 is 2.00 bits per heavy atom. The van der Waals surface area contributed by atoms with Crippen LogP contribution in [0.1, 0.15) is 12.0 Å². The number of carbonyl (C=O) groups is 1. The molecular weight excluding hydrogens is 274 g/mol. The van der Waals surface area contributed by atoms with E-state index in [0.717, 1.165) is 42.5 Å². The molecule has 1 aliphatic heterocycles. The Bertz CT molecular complexity index is 470. The predicted octanol–water partition coefficient (Wildman–Crippen LogP) is 2.22. The van der Waals surface area contributed by atoms with Gasteiger partial charge in [-0.3, -0.25) is 4.79 Å². The van der Waals surface area contributed by atoms with Crippen molar-refractivity contribution >= 4 is 23.2 Å². The standard InChI is InChI=1S/C15H22ClN3O/c1-12-3-4-13(11-14(12)16)17-6-5-15(20)19-9-7-18(2)8-10-19/h3-4,11,17H,5-10H2,1-2H3. The second kappa shape index (κ2) is 6.95. The van der Waals surface area contributed by atoms with Gasteiger partial charge in [0.25, 0.3) is 0 Å². The molecule has 1 heterocycles. The lowest BCUT2D eigenvalue weighted by molar-refractivity contribution is -0.132. The van der Waals surface area contributed by atoms with Crippen LogP contribution in [0.5, 0.6) is 0 Å². The van der Waals surface area contributed by atoms with Crippen LogP contribution in [0.4, 0.5) is 5.69 Å². The molecule has 4 nitrogen and oxygen atoms in total. The molecule has 1 amide bonds. The number of hydrogen-bond donors (Lipinski definition) is 1. The van der Waals surface area contributed by atoms with E-state index < -0.39 is 0 Å². The Hall–Kier alpha value is -1.26. The quantitative estimate of drug-likeness (QED) is 0.925. The molecule has 1 aromatic carbocycles. The smallest absolute Gasteiger partial charge is 0.224 e. The summed E-state index contributed by atoms with van der Waals surface area (Å²) in [7, 11) is 2.09. The van der Waals surface area contributed by atoms with Gasteiger partial charge in [-0.05, 0) is 31.7 Å². The van der Waals surface area contributed by atoms with Gasteiger partial charge >= 0.3 is 0 Å². The Morgan fingerprint density at radius 3 is 2.65 bits per heavy atom. The van der Waals surface area contributed by atoms with Gasteiger partial charge in [0.2, 0.25) is 5.91 Å². The second-order valence-corrected chi connectivity index (χ2v) is 5.73. The summed E-state index contributed by atoms with van der Waals surface area (Å²) in [4.78, 5) is 16.3. The van der Waals surface area contributed by atoms with Crippen LogP contribution in [-0.2, 0) is 4.79 Å². The number of likely N-dealkylation sites (N-methyl/N-ethyl adjacent to an activating group) is 1. The average molecular weight is 296 g/mol. The Labute approximate surface area is 125 Å². The number of halogens is 1. The van der Waals surface area contributed by atoms with Gasteiger partial charge in [0.1, 0.15) is 0 Å². The molecule has 0 spiro atoms. The number of carbonyl (C=O) groups excluding carboxylic acids is 1. The fourth-order valence-corrected chi connectivity index (χ4v) is 2.41. The summed E-state index contributed by atoms with van der Waals surface area (Å²) >= 11 is 6.07. The molecule has 0 bridgehead atoms. The van der Waals surface area contributed by atoms with Gasteiger partial charge in [-0.25, -0.2) is 0 Å². The van der Waals surface area contributed by atoms with E-state index >= 15 is 0 Å². The molecule has 0 saturated carbocycles. The van der Waals surface area contributed by atoms with Gasteiger partial charge in [-0.1, -0.05) is 17.7 Å². The molecule has 20 heavy (non-hydrogen) atoms. The molecule has 0 radical (unpaired) electrons. The molecule has 2 rings (SSSR count). The van der Waals surface area contributed by atoms with E-state index in [0.29, 0.717) is 13.0 Å². The minimum absolute atomic E-state index is 0.226. The first-order valence-electron chi connectivity index (χ1n) is 7.02. The van der Waals surface area contributed by atoms with Crippen LogP contribution >= 0.6 is 11.6 Å². The van der Waals surface area contributed by atoms with E-state index in [1.54, 1.807) is 0 Å². The zero-order valence-electron chi connectivity index (χ0n) is 12.2. The molecule has 0 aromatic heterocycles. The molecule has 0 unspecified atom stereocenters. The first-order chi connectivity index (χ1) is 9.56. The van der Waals surface area contributed by atoms with E-state index in [4.69, 9.17) is 11.6 Å². The van der Waals surface area contributed by atoms with Gasteiger partial charge in [0.15, 0.2) is 0 Å². The van der Waals surface area contributed by atoms with Gasteiger partial charge in [0.05, 0.1) is 0 Å². The van der Waals surface area contributed by atoms with Gasteiger partial charge in [-0.2, -0.15) is 0 Å². The molecule has 1 N–H and O–H groups in total. The van der Waals surface area contributed by atoms with E-state index in [9.17, 15) is 4.79 Å². The van der Waals surface area contributed by atoms with Crippen molar-refractivity contribution in [3.63, 3.8) is 0 Å². The maximum atomic E-state index is 12.1. The van der Waals surface area contributed by atoms with Crippen LogP contribution in [-0.4, -0.2) is 55.5 Å². The molecular formula is C15H22ClN3O. The highest BCUT2D eigenvalue weighted by molar-refractivity contribution is 6.31. The van der Waals surface area contributed by atoms with Crippen LogP contribution in [0.25, 0.3) is 0 Å². The Kier molecular flexibility index (Phi) is 5.26. The second-order valence-electron chi connectivity index (χ2n) is 5.32. The number of aryl methyl sites for hydroxylation is 1. The molecule has 1 aromatic rings. The number of anilines is 1. The van der Waals surface area contributed by atoms with Crippen LogP contribution in [0.3, 0.4) is 0 Å². The number of rotatable bonds is 4. The third kappa shape index (κ3) is 4.12. The lowest BCUT2D eigenvalue weighted by atomic mass is 10.2. The highest BCUT2D eigenvalue weighted by atomic mass is 35.5. The molecule has 1 saturated heterocycles. The number of hydrogen-bond acceptors (Lipinski definition) is 3. The van der Waals surface area contributed by atoms with Crippen molar-refractivity contribution in [1.82, 2.24) is 9.80 Å². The van der Waals surface area contributed by atoms with E-state index in [2.05, 4.69) is 17.3 Å². The van der Waals surface area contributed by atoms with Crippen molar-refractivity contribution in [2.24, 2.45) is 0 Å². The van der Waals surface area contributed by atoms with Gasteiger partial charge < -0.3 is 15.1 Å². The van der Waals surface area contributed by atoms with Crippen molar-refractivity contribution in [1.29, 1.82) is 0 Å². The molecule has 0 atom stereocenters. The maximum absolute atomic E-state index is 12.1. The summed E-state index contributed by atoms with van der Waals surface area (Å²) in [5.74, 6) is 0.226. The maximum Gasteiger partial charge on any atom is 0.224 e. The molecule has 110 valence electrons. The molecule has 1 fully saturated rings. The monoisotopic (exact) mass is 295 g/mol. The first-order valence-corrected chi connectivity index (χ1v) is 7.40. The number of nitrogens with zero attached hydrogens (tertiary/aromatic N) is 2. The van der Waals surface area contributed by atoms with Crippen LogP contribution < -0.4 is 5.32 Å². The lowest BCUT2D eigenvalue weighted by Gasteiger charge is -2.32. The summed E-state index contributed by atoms with van der Waals surface area (Å²) in [5.41, 5.74) is 2.03.